The van der Waals surface area contributed by atoms with Crippen LogP contribution in [0.1, 0.15) is 28.9 Å². The average Bonchev–Trinajstić information content (AvgIpc) is 2.71. The lowest BCUT2D eigenvalue weighted by Gasteiger charge is -2.25. The second kappa shape index (κ2) is 7.43. The van der Waals surface area contributed by atoms with Crippen molar-refractivity contribution in [3.8, 4) is 0 Å². The van der Waals surface area contributed by atoms with Crippen LogP contribution in [0.5, 0.6) is 0 Å². The first kappa shape index (κ1) is 19.0. The number of nitro groups is 2. The van der Waals surface area contributed by atoms with E-state index in [1.54, 1.807) is 7.05 Å². The Labute approximate surface area is 160 Å². The SMILES string of the molecule is CC(c1ccc2ccccc2c1)N(C)C(=O)c1cc([N+](=O)[O-])cc([N+](=O)[O-])c1. The van der Waals surface area contributed by atoms with E-state index in [0.29, 0.717) is 0 Å². The number of fused-ring (bicyclic) bond motifs is 1. The van der Waals surface area contributed by atoms with E-state index < -0.39 is 27.1 Å². The fourth-order valence-corrected chi connectivity index (χ4v) is 3.00. The molecular formula is C20H17N3O5. The zero-order valence-electron chi connectivity index (χ0n) is 15.2. The first-order valence-corrected chi connectivity index (χ1v) is 8.47. The lowest BCUT2D eigenvalue weighted by atomic mass is 10.0. The molecule has 28 heavy (non-hydrogen) atoms. The Morgan fingerprint density at radius 1 is 0.893 bits per heavy atom. The summed E-state index contributed by atoms with van der Waals surface area (Å²) in [5.41, 5.74) is -0.209. The molecule has 0 aliphatic carbocycles. The molecule has 1 unspecified atom stereocenters. The largest absolute Gasteiger partial charge is 0.335 e. The van der Waals surface area contributed by atoms with E-state index in [1.165, 1.54) is 4.90 Å². The maximum Gasteiger partial charge on any atom is 0.277 e. The van der Waals surface area contributed by atoms with Gasteiger partial charge in [0.05, 0.1) is 27.5 Å². The van der Waals surface area contributed by atoms with Gasteiger partial charge in [0.1, 0.15) is 0 Å². The van der Waals surface area contributed by atoms with Crippen molar-refractivity contribution in [2.24, 2.45) is 0 Å². The molecule has 0 bridgehead atoms. The Balaban J connectivity index is 1.94. The molecule has 0 N–H and O–H groups in total. The van der Waals surface area contributed by atoms with Crippen molar-refractivity contribution >= 4 is 28.1 Å². The van der Waals surface area contributed by atoms with Gasteiger partial charge in [-0.05, 0) is 29.3 Å². The van der Waals surface area contributed by atoms with Gasteiger partial charge < -0.3 is 4.90 Å². The van der Waals surface area contributed by atoms with Crippen LogP contribution in [0.3, 0.4) is 0 Å². The summed E-state index contributed by atoms with van der Waals surface area (Å²) in [6.07, 6.45) is 0. The lowest BCUT2D eigenvalue weighted by molar-refractivity contribution is -0.394. The van der Waals surface area contributed by atoms with Crippen LogP contribution in [-0.4, -0.2) is 27.7 Å². The highest BCUT2D eigenvalue weighted by molar-refractivity contribution is 5.96. The van der Waals surface area contributed by atoms with Crippen molar-refractivity contribution in [1.29, 1.82) is 0 Å². The highest BCUT2D eigenvalue weighted by atomic mass is 16.6. The maximum absolute atomic E-state index is 12.9. The third kappa shape index (κ3) is 3.66. The zero-order valence-corrected chi connectivity index (χ0v) is 15.2. The summed E-state index contributed by atoms with van der Waals surface area (Å²) in [6, 6.07) is 16.3. The number of hydrogen-bond acceptors (Lipinski definition) is 5. The maximum atomic E-state index is 12.9. The fraction of sp³-hybridized carbons (Fsp3) is 0.150. The summed E-state index contributed by atoms with van der Waals surface area (Å²) in [6.45, 7) is 1.83. The average molecular weight is 379 g/mol. The van der Waals surface area contributed by atoms with Crippen molar-refractivity contribution in [2.75, 3.05) is 7.05 Å². The number of non-ortho nitro benzene ring substituents is 2. The van der Waals surface area contributed by atoms with Crippen LogP contribution in [0.2, 0.25) is 0 Å². The Bertz CT molecular complexity index is 1060. The summed E-state index contributed by atoms with van der Waals surface area (Å²) >= 11 is 0. The Hall–Kier alpha value is -3.81. The number of amides is 1. The standard InChI is InChI=1S/C20H17N3O5/c1-13(15-8-7-14-5-3-4-6-16(14)9-15)21(2)20(24)17-10-18(22(25)26)12-19(11-17)23(27)28/h3-13H,1-2H3. The summed E-state index contributed by atoms with van der Waals surface area (Å²) in [5, 5.41) is 24.2. The summed E-state index contributed by atoms with van der Waals surface area (Å²) in [4.78, 5) is 34.9. The molecule has 0 saturated heterocycles. The van der Waals surface area contributed by atoms with Gasteiger partial charge in [0.2, 0.25) is 0 Å². The molecule has 0 aromatic heterocycles. The molecule has 0 saturated carbocycles. The fourth-order valence-electron chi connectivity index (χ4n) is 3.00. The molecule has 3 rings (SSSR count). The third-order valence-corrected chi connectivity index (χ3v) is 4.73. The number of carbonyl (C=O) groups is 1. The number of nitro benzene ring substituents is 2. The molecule has 0 heterocycles. The minimum Gasteiger partial charge on any atom is -0.335 e. The monoisotopic (exact) mass is 379 g/mol. The van der Waals surface area contributed by atoms with Gasteiger partial charge >= 0.3 is 0 Å². The van der Waals surface area contributed by atoms with Crippen LogP contribution in [0, 0.1) is 20.2 Å². The van der Waals surface area contributed by atoms with E-state index in [2.05, 4.69) is 0 Å². The van der Waals surface area contributed by atoms with E-state index in [-0.39, 0.29) is 11.6 Å². The Morgan fingerprint density at radius 3 is 2.04 bits per heavy atom. The van der Waals surface area contributed by atoms with Crippen LogP contribution < -0.4 is 0 Å². The van der Waals surface area contributed by atoms with Crippen molar-refractivity contribution in [3.05, 3.63) is 92.0 Å². The minimum atomic E-state index is -0.753. The summed E-state index contributed by atoms with van der Waals surface area (Å²) in [5.74, 6) is -0.535. The van der Waals surface area contributed by atoms with Crippen LogP contribution in [0.25, 0.3) is 10.8 Å². The van der Waals surface area contributed by atoms with Gasteiger partial charge in [-0.25, -0.2) is 0 Å². The quantitative estimate of drug-likeness (QED) is 0.479. The topological polar surface area (TPSA) is 107 Å². The molecular weight excluding hydrogens is 362 g/mol. The van der Waals surface area contributed by atoms with Crippen molar-refractivity contribution < 1.29 is 14.6 Å². The molecule has 1 amide bonds. The molecule has 0 aliphatic rings. The number of carbonyl (C=O) groups excluding carboxylic acids is 1. The highest BCUT2D eigenvalue weighted by Gasteiger charge is 2.24. The Morgan fingerprint density at radius 2 is 1.46 bits per heavy atom. The molecule has 0 radical (unpaired) electrons. The van der Waals surface area contributed by atoms with Gasteiger partial charge in [0, 0.05) is 19.2 Å². The predicted octanol–water partition coefficient (Wildman–Crippen LogP) is 4.49. The van der Waals surface area contributed by atoms with E-state index >= 15 is 0 Å². The molecule has 142 valence electrons. The van der Waals surface area contributed by atoms with Crippen LogP contribution in [0.4, 0.5) is 11.4 Å². The van der Waals surface area contributed by atoms with E-state index in [9.17, 15) is 25.0 Å². The highest BCUT2D eigenvalue weighted by Crippen LogP contribution is 2.27. The second-order valence-electron chi connectivity index (χ2n) is 6.45. The molecule has 0 fully saturated rings. The number of nitrogens with zero attached hydrogens (tertiary/aromatic N) is 3. The summed E-state index contributed by atoms with van der Waals surface area (Å²) in [7, 11) is 1.56. The molecule has 0 aliphatic heterocycles. The smallest absolute Gasteiger partial charge is 0.277 e. The van der Waals surface area contributed by atoms with E-state index in [1.807, 2.05) is 49.4 Å². The molecule has 0 spiro atoms. The second-order valence-corrected chi connectivity index (χ2v) is 6.45. The summed E-state index contributed by atoms with van der Waals surface area (Å²) < 4.78 is 0. The van der Waals surface area contributed by atoms with Gasteiger partial charge in [-0.1, -0.05) is 36.4 Å². The van der Waals surface area contributed by atoms with E-state index in [0.717, 1.165) is 34.5 Å². The molecule has 1 atom stereocenters. The number of benzene rings is 3. The van der Waals surface area contributed by atoms with E-state index in [4.69, 9.17) is 0 Å². The first-order valence-electron chi connectivity index (χ1n) is 8.47. The Kier molecular flexibility index (Phi) is 5.04. The first-order chi connectivity index (χ1) is 13.3. The molecule has 3 aromatic carbocycles. The molecule has 3 aromatic rings. The number of hydrogen-bond donors (Lipinski definition) is 0. The van der Waals surface area contributed by atoms with Gasteiger partial charge in [0.25, 0.3) is 17.3 Å². The van der Waals surface area contributed by atoms with Gasteiger partial charge in [-0.2, -0.15) is 0 Å². The normalized spacial score (nSPS) is 11.8. The zero-order chi connectivity index (χ0) is 20.4. The van der Waals surface area contributed by atoms with Gasteiger partial charge in [0.15, 0.2) is 0 Å². The van der Waals surface area contributed by atoms with Crippen LogP contribution in [-0.2, 0) is 0 Å². The van der Waals surface area contributed by atoms with Crippen LogP contribution >= 0.6 is 0 Å². The number of rotatable bonds is 5. The minimum absolute atomic E-state index is 0.101. The van der Waals surface area contributed by atoms with Crippen molar-refractivity contribution in [3.63, 3.8) is 0 Å². The van der Waals surface area contributed by atoms with Gasteiger partial charge in [-0.3, -0.25) is 25.0 Å². The van der Waals surface area contributed by atoms with Crippen molar-refractivity contribution in [2.45, 2.75) is 13.0 Å². The lowest BCUT2D eigenvalue weighted by Crippen LogP contribution is -2.29. The molecule has 8 heteroatoms. The van der Waals surface area contributed by atoms with Gasteiger partial charge in [-0.15, -0.1) is 0 Å². The molecule has 8 nitrogen and oxygen atoms in total. The third-order valence-electron chi connectivity index (χ3n) is 4.73. The van der Waals surface area contributed by atoms with Crippen LogP contribution in [0.15, 0.2) is 60.7 Å². The predicted molar refractivity (Wildman–Crippen MR) is 104 cm³/mol. The van der Waals surface area contributed by atoms with Crippen molar-refractivity contribution in [1.82, 2.24) is 4.90 Å².